The van der Waals surface area contributed by atoms with Crippen molar-refractivity contribution in [3.8, 4) is 0 Å². The molecular formula is C13H19N3O3. The summed E-state index contributed by atoms with van der Waals surface area (Å²) in [4.78, 5) is 25.2. The molecule has 0 bridgehead atoms. The maximum Gasteiger partial charge on any atom is 0.228 e. The van der Waals surface area contributed by atoms with Gasteiger partial charge in [0.2, 0.25) is 11.8 Å². The highest BCUT2D eigenvalue weighted by Crippen LogP contribution is 2.30. The molecule has 0 spiro atoms. The predicted molar refractivity (Wildman–Crippen MR) is 68.1 cm³/mol. The third kappa shape index (κ3) is 2.94. The number of hydrogen-bond donors (Lipinski definition) is 1. The Morgan fingerprint density at radius 2 is 2.32 bits per heavy atom. The third-order valence-corrected chi connectivity index (χ3v) is 3.57. The number of rotatable bonds is 3. The van der Waals surface area contributed by atoms with Crippen LogP contribution in [0.5, 0.6) is 0 Å². The Bertz CT molecular complexity index is 497. The minimum atomic E-state index is -0.513. The van der Waals surface area contributed by atoms with Crippen LogP contribution in [0.1, 0.15) is 31.7 Å². The molecule has 0 radical (unpaired) electrons. The Morgan fingerprint density at radius 3 is 2.84 bits per heavy atom. The number of hydrogen-bond acceptors (Lipinski definition) is 4. The van der Waals surface area contributed by atoms with Crippen molar-refractivity contribution in [2.45, 2.75) is 33.7 Å². The summed E-state index contributed by atoms with van der Waals surface area (Å²) in [6, 6.07) is 1.79. The van der Waals surface area contributed by atoms with Crippen molar-refractivity contribution in [3.63, 3.8) is 0 Å². The van der Waals surface area contributed by atoms with Crippen LogP contribution < -0.4 is 5.32 Å². The summed E-state index contributed by atoms with van der Waals surface area (Å²) in [5.41, 5.74) is 0.278. The molecule has 1 fully saturated rings. The van der Waals surface area contributed by atoms with Gasteiger partial charge in [0, 0.05) is 26.1 Å². The zero-order chi connectivity index (χ0) is 14.0. The molecule has 1 aliphatic rings. The number of aryl methyl sites for hydroxylation is 1. The molecule has 104 valence electrons. The van der Waals surface area contributed by atoms with E-state index >= 15 is 0 Å². The van der Waals surface area contributed by atoms with Crippen LogP contribution in [-0.2, 0) is 16.1 Å². The normalized spacial score (nSPS) is 22.6. The molecule has 1 N–H and O–H groups in total. The second-order valence-corrected chi connectivity index (χ2v) is 5.37. The van der Waals surface area contributed by atoms with Crippen LogP contribution >= 0.6 is 0 Å². The van der Waals surface area contributed by atoms with E-state index in [0.717, 1.165) is 5.69 Å². The first-order valence-corrected chi connectivity index (χ1v) is 6.37. The summed E-state index contributed by atoms with van der Waals surface area (Å²) in [6.07, 6.45) is 0.688. The molecule has 1 aromatic heterocycles. The summed E-state index contributed by atoms with van der Waals surface area (Å²) in [6.45, 7) is 6.69. The lowest BCUT2D eigenvalue weighted by atomic mass is 9.89. The van der Waals surface area contributed by atoms with Gasteiger partial charge in [0.25, 0.3) is 0 Å². The second kappa shape index (κ2) is 5.03. The molecule has 2 heterocycles. The number of amides is 2. The molecule has 0 saturated carbocycles. The van der Waals surface area contributed by atoms with Gasteiger partial charge in [-0.05, 0) is 20.3 Å². The molecule has 19 heavy (non-hydrogen) atoms. The maximum absolute atomic E-state index is 12.2. The minimum Gasteiger partial charge on any atom is -0.359 e. The van der Waals surface area contributed by atoms with E-state index in [1.165, 1.54) is 6.92 Å². The van der Waals surface area contributed by atoms with Crippen molar-refractivity contribution >= 4 is 11.8 Å². The maximum atomic E-state index is 12.2. The van der Waals surface area contributed by atoms with Crippen LogP contribution in [0.2, 0.25) is 0 Å². The van der Waals surface area contributed by atoms with E-state index in [0.29, 0.717) is 31.8 Å². The van der Waals surface area contributed by atoms with Crippen LogP contribution in [-0.4, -0.2) is 35.0 Å². The number of nitrogens with one attached hydrogen (secondary N) is 1. The van der Waals surface area contributed by atoms with Gasteiger partial charge in [0.15, 0.2) is 5.76 Å². The van der Waals surface area contributed by atoms with Crippen LogP contribution in [0.25, 0.3) is 0 Å². The van der Waals surface area contributed by atoms with E-state index in [1.807, 2.05) is 13.8 Å². The number of aromatic nitrogens is 1. The minimum absolute atomic E-state index is 0.0161. The monoisotopic (exact) mass is 265 g/mol. The first-order valence-electron chi connectivity index (χ1n) is 6.37. The highest BCUT2D eigenvalue weighted by Gasteiger charge is 2.41. The van der Waals surface area contributed by atoms with E-state index in [4.69, 9.17) is 4.52 Å². The van der Waals surface area contributed by atoms with Crippen LogP contribution in [0.15, 0.2) is 10.6 Å². The van der Waals surface area contributed by atoms with Crippen molar-refractivity contribution in [2.75, 3.05) is 13.1 Å². The van der Waals surface area contributed by atoms with Crippen molar-refractivity contribution in [3.05, 3.63) is 17.5 Å². The summed E-state index contributed by atoms with van der Waals surface area (Å²) < 4.78 is 5.04. The first kappa shape index (κ1) is 13.6. The summed E-state index contributed by atoms with van der Waals surface area (Å²) in [7, 11) is 0. The SMILES string of the molecule is CC(=O)N1CCC(C)(C(=O)NCc2cc(C)no2)C1. The van der Waals surface area contributed by atoms with E-state index in [-0.39, 0.29) is 11.8 Å². The topological polar surface area (TPSA) is 75.4 Å². The molecule has 1 aromatic rings. The standard InChI is InChI=1S/C13H19N3O3/c1-9-6-11(19-15-9)7-14-12(18)13(3)4-5-16(8-13)10(2)17/h6H,4-5,7-8H2,1-3H3,(H,14,18). The van der Waals surface area contributed by atoms with Gasteiger partial charge in [-0.3, -0.25) is 9.59 Å². The Balaban J connectivity index is 1.91. The van der Waals surface area contributed by atoms with E-state index < -0.39 is 5.41 Å². The van der Waals surface area contributed by atoms with Gasteiger partial charge in [-0.1, -0.05) is 5.16 Å². The quantitative estimate of drug-likeness (QED) is 0.879. The molecule has 2 amide bonds. The lowest BCUT2D eigenvalue weighted by Crippen LogP contribution is -2.41. The molecule has 0 aromatic carbocycles. The van der Waals surface area contributed by atoms with E-state index in [9.17, 15) is 9.59 Å². The number of carbonyl (C=O) groups is 2. The highest BCUT2D eigenvalue weighted by molar-refractivity contribution is 5.84. The fourth-order valence-corrected chi connectivity index (χ4v) is 2.30. The lowest BCUT2D eigenvalue weighted by Gasteiger charge is -2.22. The molecular weight excluding hydrogens is 246 g/mol. The average molecular weight is 265 g/mol. The summed E-state index contributed by atoms with van der Waals surface area (Å²) >= 11 is 0. The predicted octanol–water partition coefficient (Wildman–Crippen LogP) is 0.858. The van der Waals surface area contributed by atoms with Gasteiger partial charge in [-0.15, -0.1) is 0 Å². The molecule has 1 saturated heterocycles. The highest BCUT2D eigenvalue weighted by atomic mass is 16.5. The van der Waals surface area contributed by atoms with Crippen molar-refractivity contribution in [2.24, 2.45) is 5.41 Å². The van der Waals surface area contributed by atoms with Crippen molar-refractivity contribution < 1.29 is 14.1 Å². The molecule has 6 nitrogen and oxygen atoms in total. The second-order valence-electron chi connectivity index (χ2n) is 5.37. The van der Waals surface area contributed by atoms with E-state index in [1.54, 1.807) is 11.0 Å². The Hall–Kier alpha value is -1.85. The number of likely N-dealkylation sites (tertiary alicyclic amines) is 1. The Kier molecular flexibility index (Phi) is 3.59. The molecule has 6 heteroatoms. The third-order valence-electron chi connectivity index (χ3n) is 3.57. The van der Waals surface area contributed by atoms with Gasteiger partial charge in [0.05, 0.1) is 17.7 Å². The fourth-order valence-electron chi connectivity index (χ4n) is 2.30. The Morgan fingerprint density at radius 1 is 1.58 bits per heavy atom. The van der Waals surface area contributed by atoms with Gasteiger partial charge in [-0.2, -0.15) is 0 Å². The van der Waals surface area contributed by atoms with Crippen LogP contribution in [0, 0.1) is 12.3 Å². The van der Waals surface area contributed by atoms with E-state index in [2.05, 4.69) is 10.5 Å². The van der Waals surface area contributed by atoms with Crippen molar-refractivity contribution in [1.82, 2.24) is 15.4 Å². The Labute approximate surface area is 112 Å². The van der Waals surface area contributed by atoms with Gasteiger partial charge in [-0.25, -0.2) is 0 Å². The van der Waals surface area contributed by atoms with Gasteiger partial charge >= 0.3 is 0 Å². The molecule has 1 aliphatic heterocycles. The molecule has 0 aliphatic carbocycles. The van der Waals surface area contributed by atoms with Crippen LogP contribution in [0.4, 0.5) is 0 Å². The van der Waals surface area contributed by atoms with Gasteiger partial charge in [0.1, 0.15) is 0 Å². The summed E-state index contributed by atoms with van der Waals surface area (Å²) in [5, 5.41) is 6.61. The summed E-state index contributed by atoms with van der Waals surface area (Å²) in [5.74, 6) is 0.601. The number of nitrogens with zero attached hydrogens (tertiary/aromatic N) is 2. The zero-order valence-corrected chi connectivity index (χ0v) is 11.5. The number of carbonyl (C=O) groups excluding carboxylic acids is 2. The van der Waals surface area contributed by atoms with Gasteiger partial charge < -0.3 is 14.7 Å². The lowest BCUT2D eigenvalue weighted by molar-refractivity contribution is -0.131. The van der Waals surface area contributed by atoms with Crippen molar-refractivity contribution in [1.29, 1.82) is 0 Å². The first-order chi connectivity index (χ1) is 8.90. The van der Waals surface area contributed by atoms with Crippen LogP contribution in [0.3, 0.4) is 0 Å². The molecule has 1 unspecified atom stereocenters. The molecule has 2 rings (SSSR count). The smallest absolute Gasteiger partial charge is 0.228 e. The molecule has 1 atom stereocenters. The average Bonchev–Trinajstić information content (AvgIpc) is 2.94. The largest absolute Gasteiger partial charge is 0.359 e. The zero-order valence-electron chi connectivity index (χ0n) is 11.5. The fraction of sp³-hybridized carbons (Fsp3) is 0.615.